The molecule has 0 amide bonds. The summed E-state index contributed by atoms with van der Waals surface area (Å²) in [4.78, 5) is 14.2. The number of nitrogens with zero attached hydrogens (tertiary/aromatic N) is 2. The highest BCUT2D eigenvalue weighted by Gasteiger charge is 2.28. The second-order valence-electron chi connectivity index (χ2n) is 3.76. The number of anilines is 1. The van der Waals surface area contributed by atoms with Crippen molar-refractivity contribution in [1.29, 1.82) is 0 Å². The third-order valence-electron chi connectivity index (χ3n) is 2.42. The summed E-state index contributed by atoms with van der Waals surface area (Å²) in [7, 11) is 0. The Morgan fingerprint density at radius 2 is 2.05 bits per heavy atom. The van der Waals surface area contributed by atoms with Crippen molar-refractivity contribution in [1.82, 2.24) is 4.98 Å². The van der Waals surface area contributed by atoms with Gasteiger partial charge in [0.15, 0.2) is 0 Å². The summed E-state index contributed by atoms with van der Waals surface area (Å²) in [5.74, 6) is 0. The van der Waals surface area contributed by atoms with Crippen LogP contribution in [0.3, 0.4) is 0 Å². The van der Waals surface area contributed by atoms with Gasteiger partial charge in [-0.3, -0.25) is 15.1 Å². The Balaban J connectivity index is 2.49. The molecule has 0 unspecified atom stereocenters. The van der Waals surface area contributed by atoms with Crippen LogP contribution in [0.25, 0.3) is 10.9 Å². The first-order valence-corrected chi connectivity index (χ1v) is 5.21. The third kappa shape index (κ3) is 2.90. The molecular formula is C11H8F3N3O2. The molecule has 0 bridgehead atoms. The lowest BCUT2D eigenvalue weighted by Gasteiger charge is -2.10. The Labute approximate surface area is 105 Å². The highest BCUT2D eigenvalue weighted by molar-refractivity contribution is 5.94. The summed E-state index contributed by atoms with van der Waals surface area (Å²) in [5, 5.41) is 13.2. The Morgan fingerprint density at radius 3 is 2.68 bits per heavy atom. The number of nitro benzene ring substituents is 1. The average molecular weight is 271 g/mol. The predicted octanol–water partition coefficient (Wildman–Crippen LogP) is 3.12. The summed E-state index contributed by atoms with van der Waals surface area (Å²) in [6, 6.07) is 5.59. The van der Waals surface area contributed by atoms with E-state index in [1.807, 2.05) is 5.32 Å². The van der Waals surface area contributed by atoms with Crippen LogP contribution >= 0.6 is 0 Å². The fourth-order valence-corrected chi connectivity index (χ4v) is 1.67. The smallest absolute Gasteiger partial charge is 0.371 e. The van der Waals surface area contributed by atoms with Crippen molar-refractivity contribution in [2.45, 2.75) is 6.18 Å². The van der Waals surface area contributed by atoms with Crippen LogP contribution in [-0.4, -0.2) is 22.6 Å². The fraction of sp³-hybridized carbons (Fsp3) is 0.182. The van der Waals surface area contributed by atoms with Gasteiger partial charge in [-0.1, -0.05) is 0 Å². The Bertz CT molecular complexity index is 628. The molecule has 2 rings (SSSR count). The third-order valence-corrected chi connectivity index (χ3v) is 2.42. The zero-order valence-corrected chi connectivity index (χ0v) is 9.44. The molecule has 0 saturated heterocycles. The first-order chi connectivity index (χ1) is 8.88. The number of aromatic nitrogens is 1. The molecule has 0 spiro atoms. The van der Waals surface area contributed by atoms with Crippen molar-refractivity contribution in [3.05, 3.63) is 40.6 Å². The van der Waals surface area contributed by atoms with Gasteiger partial charge in [0.05, 0.1) is 15.8 Å². The van der Waals surface area contributed by atoms with E-state index in [4.69, 9.17) is 0 Å². The van der Waals surface area contributed by atoms with E-state index in [-0.39, 0.29) is 11.1 Å². The van der Waals surface area contributed by atoms with Crippen molar-refractivity contribution in [2.24, 2.45) is 0 Å². The second kappa shape index (κ2) is 4.71. The lowest BCUT2D eigenvalue weighted by atomic mass is 10.1. The summed E-state index contributed by atoms with van der Waals surface area (Å²) in [5.41, 5.74) is -0.232. The van der Waals surface area contributed by atoms with Gasteiger partial charge in [-0.15, -0.1) is 0 Å². The monoisotopic (exact) mass is 271 g/mol. The van der Waals surface area contributed by atoms with E-state index in [2.05, 4.69) is 4.98 Å². The number of benzene rings is 1. The zero-order valence-electron chi connectivity index (χ0n) is 9.44. The van der Waals surface area contributed by atoms with Gasteiger partial charge in [-0.25, -0.2) is 0 Å². The predicted molar refractivity (Wildman–Crippen MR) is 62.9 cm³/mol. The van der Waals surface area contributed by atoms with Gasteiger partial charge in [0, 0.05) is 6.20 Å². The number of alkyl halides is 3. The van der Waals surface area contributed by atoms with Crippen molar-refractivity contribution in [3.8, 4) is 0 Å². The lowest BCUT2D eigenvalue weighted by Crippen LogP contribution is -2.21. The highest BCUT2D eigenvalue weighted by atomic mass is 19.4. The molecule has 5 nitrogen and oxygen atoms in total. The van der Waals surface area contributed by atoms with E-state index in [1.54, 1.807) is 0 Å². The van der Waals surface area contributed by atoms with Crippen molar-refractivity contribution < 1.29 is 18.1 Å². The quantitative estimate of drug-likeness (QED) is 0.688. The van der Waals surface area contributed by atoms with Crippen LogP contribution in [0.2, 0.25) is 0 Å². The normalized spacial score (nSPS) is 11.5. The Hall–Kier alpha value is -2.38. The molecule has 0 fully saturated rings. The van der Waals surface area contributed by atoms with Gasteiger partial charge in [-0.2, -0.15) is 13.2 Å². The van der Waals surface area contributed by atoms with E-state index in [9.17, 15) is 23.3 Å². The minimum Gasteiger partial charge on any atom is -0.371 e. The average Bonchev–Trinajstić information content (AvgIpc) is 2.34. The van der Waals surface area contributed by atoms with Crippen LogP contribution in [0.15, 0.2) is 30.5 Å². The molecule has 1 aromatic carbocycles. The first-order valence-electron chi connectivity index (χ1n) is 5.21. The number of hydrogen-bond acceptors (Lipinski definition) is 4. The van der Waals surface area contributed by atoms with E-state index in [0.29, 0.717) is 5.52 Å². The van der Waals surface area contributed by atoms with Gasteiger partial charge >= 0.3 is 11.9 Å². The molecule has 1 aromatic heterocycles. The van der Waals surface area contributed by atoms with Crippen molar-refractivity contribution >= 4 is 22.3 Å². The van der Waals surface area contributed by atoms with Gasteiger partial charge < -0.3 is 5.32 Å². The van der Waals surface area contributed by atoms with Crippen molar-refractivity contribution in [3.63, 3.8) is 0 Å². The number of pyridine rings is 1. The Morgan fingerprint density at radius 1 is 1.32 bits per heavy atom. The van der Waals surface area contributed by atoms with Crippen LogP contribution < -0.4 is 5.32 Å². The maximum atomic E-state index is 12.1. The summed E-state index contributed by atoms with van der Waals surface area (Å²) >= 11 is 0. The maximum absolute atomic E-state index is 12.1. The highest BCUT2D eigenvalue weighted by Crippen LogP contribution is 2.33. The zero-order chi connectivity index (χ0) is 14.0. The Kier molecular flexibility index (Phi) is 3.24. The fourth-order valence-electron chi connectivity index (χ4n) is 1.67. The van der Waals surface area contributed by atoms with Crippen LogP contribution in [0.4, 0.5) is 24.5 Å². The minimum absolute atomic E-state index is 0.178. The van der Waals surface area contributed by atoms with Gasteiger partial charge in [0.25, 0.3) is 0 Å². The van der Waals surface area contributed by atoms with E-state index in [0.717, 1.165) is 0 Å². The number of nitrogens with one attached hydrogen (secondary N) is 1. The van der Waals surface area contributed by atoms with E-state index in [1.165, 1.54) is 30.5 Å². The molecular weight excluding hydrogens is 263 g/mol. The van der Waals surface area contributed by atoms with Gasteiger partial charge in [0.1, 0.15) is 12.2 Å². The molecule has 0 aliphatic rings. The maximum Gasteiger partial charge on any atom is 0.405 e. The number of nitro groups is 1. The minimum atomic E-state index is -4.45. The molecule has 1 heterocycles. The number of halogens is 3. The van der Waals surface area contributed by atoms with Crippen LogP contribution in [0.5, 0.6) is 0 Å². The molecule has 19 heavy (non-hydrogen) atoms. The summed E-state index contributed by atoms with van der Waals surface area (Å²) in [6.07, 6.45) is -2.99. The topological polar surface area (TPSA) is 68.1 Å². The summed E-state index contributed by atoms with van der Waals surface area (Å²) in [6.45, 7) is -1.33. The standard InChI is InChI=1S/C11H8F3N3O2/c12-11(13,14)6-16-9-4-3-8-7(2-1-5-15-8)10(9)17(18)19/h1-5,16H,6H2. The van der Waals surface area contributed by atoms with Gasteiger partial charge in [0.2, 0.25) is 0 Å². The second-order valence-corrected chi connectivity index (χ2v) is 3.76. The molecule has 0 radical (unpaired) electrons. The summed E-state index contributed by atoms with van der Waals surface area (Å²) < 4.78 is 36.4. The largest absolute Gasteiger partial charge is 0.405 e. The van der Waals surface area contributed by atoms with Gasteiger partial charge in [-0.05, 0) is 24.3 Å². The SMILES string of the molecule is O=[N+]([O-])c1c(NCC(F)(F)F)ccc2ncccc12. The molecule has 100 valence electrons. The first kappa shape index (κ1) is 13.1. The van der Waals surface area contributed by atoms with E-state index >= 15 is 0 Å². The molecule has 0 aliphatic carbocycles. The number of rotatable bonds is 3. The van der Waals surface area contributed by atoms with Crippen LogP contribution in [-0.2, 0) is 0 Å². The molecule has 0 aliphatic heterocycles. The number of hydrogen-bond donors (Lipinski definition) is 1. The molecule has 0 saturated carbocycles. The van der Waals surface area contributed by atoms with E-state index < -0.39 is 23.3 Å². The molecule has 2 aromatic rings. The molecule has 1 N–H and O–H groups in total. The lowest BCUT2D eigenvalue weighted by molar-refractivity contribution is -0.382. The number of fused-ring (bicyclic) bond motifs is 1. The molecule has 8 heteroatoms. The van der Waals surface area contributed by atoms with Crippen LogP contribution in [0, 0.1) is 10.1 Å². The van der Waals surface area contributed by atoms with Crippen LogP contribution in [0.1, 0.15) is 0 Å². The molecule has 0 atom stereocenters. The van der Waals surface area contributed by atoms with Crippen molar-refractivity contribution in [2.75, 3.05) is 11.9 Å².